The quantitative estimate of drug-likeness (QED) is 0.402. The van der Waals surface area contributed by atoms with Crippen molar-refractivity contribution in [2.24, 2.45) is 5.92 Å². The maximum Gasteiger partial charge on any atom is 0.334 e. The summed E-state index contributed by atoms with van der Waals surface area (Å²) in [6, 6.07) is 0. The fourth-order valence-electron chi connectivity index (χ4n) is 1.39. The zero-order chi connectivity index (χ0) is 11.7. The summed E-state index contributed by atoms with van der Waals surface area (Å²) in [6.45, 7) is 6.30. The van der Waals surface area contributed by atoms with Crippen molar-refractivity contribution in [2.75, 3.05) is 6.61 Å². The van der Waals surface area contributed by atoms with Gasteiger partial charge in [-0.25, -0.2) is 4.79 Å². The zero-order valence-electron chi connectivity index (χ0n) is 9.95. The monoisotopic (exact) mass is 214 g/mol. The molecular weight excluding hydrogens is 192 g/mol. The van der Waals surface area contributed by atoms with E-state index in [1.54, 1.807) is 6.92 Å². The van der Waals surface area contributed by atoms with E-state index in [9.17, 15) is 9.90 Å². The van der Waals surface area contributed by atoms with Crippen molar-refractivity contribution in [2.45, 2.75) is 46.5 Å². The van der Waals surface area contributed by atoms with Gasteiger partial charge in [-0.1, -0.05) is 33.1 Å². The summed E-state index contributed by atoms with van der Waals surface area (Å²) < 4.78 is 4.70. The average molecular weight is 214 g/mol. The summed E-state index contributed by atoms with van der Waals surface area (Å²) in [5.74, 6) is 0.0744. The number of ether oxygens (including phenoxy) is 1. The van der Waals surface area contributed by atoms with Gasteiger partial charge in [0, 0.05) is 6.42 Å². The Morgan fingerprint density at radius 2 is 2.13 bits per heavy atom. The highest BCUT2D eigenvalue weighted by Gasteiger charge is 2.06. The smallest absolute Gasteiger partial charge is 0.334 e. The molecule has 88 valence electrons. The molecule has 0 spiro atoms. The molecule has 0 aromatic rings. The minimum Gasteiger partial charge on any atom is -0.512 e. The van der Waals surface area contributed by atoms with Crippen LogP contribution in [0.25, 0.3) is 0 Å². The molecule has 0 heterocycles. The van der Waals surface area contributed by atoms with E-state index in [-0.39, 0.29) is 5.76 Å². The number of unbranched alkanes of at least 4 members (excludes halogenated alkanes) is 1. The number of allylic oxidation sites excluding steroid dienone is 1. The second-order valence-electron chi connectivity index (χ2n) is 3.84. The first kappa shape index (κ1) is 14.0. The molecule has 3 nitrogen and oxygen atoms in total. The van der Waals surface area contributed by atoms with Crippen LogP contribution in [-0.2, 0) is 9.53 Å². The number of esters is 1. The molecule has 0 saturated carbocycles. The first-order valence-corrected chi connectivity index (χ1v) is 5.66. The minimum atomic E-state index is -0.460. The fraction of sp³-hybridized carbons (Fsp3) is 0.750. The van der Waals surface area contributed by atoms with E-state index in [0.717, 1.165) is 19.3 Å². The number of aliphatic hydroxyl groups is 1. The Morgan fingerprint density at radius 3 is 2.67 bits per heavy atom. The zero-order valence-corrected chi connectivity index (χ0v) is 9.95. The lowest BCUT2D eigenvalue weighted by molar-refractivity contribution is -0.137. The third-order valence-corrected chi connectivity index (χ3v) is 2.18. The Labute approximate surface area is 92.1 Å². The number of carbonyl (C=O) groups excluding carboxylic acids is 1. The molecule has 0 radical (unpaired) electrons. The summed E-state index contributed by atoms with van der Waals surface area (Å²) in [5, 5.41) is 9.48. The van der Waals surface area contributed by atoms with Gasteiger partial charge in [0.05, 0.1) is 18.4 Å². The molecule has 3 heteroatoms. The molecular formula is C12H22O3. The van der Waals surface area contributed by atoms with E-state index in [1.165, 1.54) is 6.08 Å². The highest BCUT2D eigenvalue weighted by atomic mass is 16.5. The topological polar surface area (TPSA) is 46.5 Å². The highest BCUT2D eigenvalue weighted by molar-refractivity contribution is 5.82. The molecule has 0 aromatic heterocycles. The molecule has 0 aliphatic heterocycles. The van der Waals surface area contributed by atoms with E-state index in [4.69, 9.17) is 4.74 Å². The average Bonchev–Trinajstić information content (AvgIpc) is 2.14. The van der Waals surface area contributed by atoms with E-state index in [1.807, 2.05) is 0 Å². The Balaban J connectivity index is 3.89. The standard InChI is InChI=1S/C12H22O3/c1-4-6-7-10(3)8-11(13)9-12(14)15-5-2/h9-10,13H,4-8H2,1-3H3/b11-9-. The summed E-state index contributed by atoms with van der Waals surface area (Å²) >= 11 is 0. The lowest BCUT2D eigenvalue weighted by atomic mass is 10.00. The number of hydrogen-bond acceptors (Lipinski definition) is 3. The maximum atomic E-state index is 11.0. The second-order valence-corrected chi connectivity index (χ2v) is 3.84. The van der Waals surface area contributed by atoms with Crippen LogP contribution in [0.2, 0.25) is 0 Å². The second kappa shape index (κ2) is 8.33. The Bertz CT molecular complexity index is 209. The van der Waals surface area contributed by atoms with Crippen molar-refractivity contribution < 1.29 is 14.6 Å². The Kier molecular flexibility index (Phi) is 7.78. The van der Waals surface area contributed by atoms with Crippen LogP contribution < -0.4 is 0 Å². The van der Waals surface area contributed by atoms with Crippen molar-refractivity contribution in [1.29, 1.82) is 0 Å². The lowest BCUT2D eigenvalue weighted by Gasteiger charge is -2.09. The van der Waals surface area contributed by atoms with Crippen molar-refractivity contribution >= 4 is 5.97 Å². The van der Waals surface area contributed by atoms with Gasteiger partial charge in [-0.3, -0.25) is 0 Å². The van der Waals surface area contributed by atoms with Crippen LogP contribution in [0.4, 0.5) is 0 Å². The Hall–Kier alpha value is -0.990. The third-order valence-electron chi connectivity index (χ3n) is 2.18. The summed E-state index contributed by atoms with van der Waals surface area (Å²) in [4.78, 5) is 11.0. The molecule has 1 atom stereocenters. The fourth-order valence-corrected chi connectivity index (χ4v) is 1.39. The molecule has 0 aliphatic carbocycles. The maximum absolute atomic E-state index is 11.0. The molecule has 1 unspecified atom stereocenters. The minimum absolute atomic E-state index is 0.122. The van der Waals surface area contributed by atoms with Gasteiger partial charge in [-0.2, -0.15) is 0 Å². The molecule has 0 fully saturated rings. The van der Waals surface area contributed by atoms with Gasteiger partial charge in [0.2, 0.25) is 0 Å². The molecule has 0 aliphatic rings. The molecule has 0 rings (SSSR count). The Morgan fingerprint density at radius 1 is 1.47 bits per heavy atom. The van der Waals surface area contributed by atoms with Crippen molar-refractivity contribution in [3.05, 3.63) is 11.8 Å². The van der Waals surface area contributed by atoms with Gasteiger partial charge in [0.1, 0.15) is 0 Å². The van der Waals surface area contributed by atoms with Gasteiger partial charge < -0.3 is 9.84 Å². The van der Waals surface area contributed by atoms with Crippen LogP contribution in [0.1, 0.15) is 46.5 Å². The summed E-state index contributed by atoms with van der Waals surface area (Å²) in [5.41, 5.74) is 0. The normalized spacial score (nSPS) is 13.7. The van der Waals surface area contributed by atoms with Gasteiger partial charge in [-0.15, -0.1) is 0 Å². The molecule has 0 aromatic carbocycles. The first-order chi connectivity index (χ1) is 7.10. The SMILES string of the molecule is CCCCC(C)C/C(O)=C/C(=O)OCC. The van der Waals surface area contributed by atoms with Crippen LogP contribution in [0.5, 0.6) is 0 Å². The third kappa shape index (κ3) is 8.03. The number of hydrogen-bond donors (Lipinski definition) is 1. The summed E-state index contributed by atoms with van der Waals surface area (Å²) in [7, 11) is 0. The van der Waals surface area contributed by atoms with E-state index in [0.29, 0.717) is 18.9 Å². The van der Waals surface area contributed by atoms with Crippen LogP contribution in [0.3, 0.4) is 0 Å². The number of aliphatic hydroxyl groups excluding tert-OH is 1. The van der Waals surface area contributed by atoms with Gasteiger partial charge in [-0.05, 0) is 12.8 Å². The molecule has 0 amide bonds. The van der Waals surface area contributed by atoms with Crippen LogP contribution >= 0.6 is 0 Å². The predicted octanol–water partition coefficient (Wildman–Crippen LogP) is 3.21. The van der Waals surface area contributed by atoms with Crippen LogP contribution in [0, 0.1) is 5.92 Å². The van der Waals surface area contributed by atoms with Gasteiger partial charge in [0.25, 0.3) is 0 Å². The molecule has 0 saturated heterocycles. The largest absolute Gasteiger partial charge is 0.512 e. The van der Waals surface area contributed by atoms with Crippen LogP contribution in [-0.4, -0.2) is 17.7 Å². The van der Waals surface area contributed by atoms with Crippen molar-refractivity contribution in [3.8, 4) is 0 Å². The highest BCUT2D eigenvalue weighted by Crippen LogP contribution is 2.15. The molecule has 1 N–H and O–H groups in total. The first-order valence-electron chi connectivity index (χ1n) is 5.66. The van der Waals surface area contributed by atoms with E-state index in [2.05, 4.69) is 13.8 Å². The van der Waals surface area contributed by atoms with Gasteiger partial charge in [0.15, 0.2) is 0 Å². The van der Waals surface area contributed by atoms with E-state index < -0.39 is 5.97 Å². The molecule has 15 heavy (non-hydrogen) atoms. The lowest BCUT2D eigenvalue weighted by Crippen LogP contribution is -2.03. The molecule has 0 bridgehead atoms. The number of carbonyl (C=O) groups is 1. The van der Waals surface area contributed by atoms with Crippen molar-refractivity contribution in [3.63, 3.8) is 0 Å². The predicted molar refractivity (Wildman–Crippen MR) is 60.7 cm³/mol. The number of rotatable bonds is 7. The van der Waals surface area contributed by atoms with E-state index >= 15 is 0 Å². The summed E-state index contributed by atoms with van der Waals surface area (Å²) in [6.07, 6.45) is 5.13. The van der Waals surface area contributed by atoms with Crippen molar-refractivity contribution in [1.82, 2.24) is 0 Å². The van der Waals surface area contributed by atoms with Crippen LogP contribution in [0.15, 0.2) is 11.8 Å². The van der Waals surface area contributed by atoms with Gasteiger partial charge >= 0.3 is 5.97 Å².